The molecule has 1 amide bonds. The standard InChI is InChI=1S/C27H25BrN4O2S/c1-16-21(19-15-18(28)7-8-20(19)29-22(16)17-5-3-2-4-6-17)23(33)31-27-12-9-26(10-13-27,11-14-27)24-30-25(35)34-32-24/h2-8,15H,9-14H2,1H3,(H,31,33)(H,30,32,35). The van der Waals surface area contributed by atoms with E-state index in [-0.39, 0.29) is 16.9 Å². The van der Waals surface area contributed by atoms with E-state index >= 15 is 0 Å². The summed E-state index contributed by atoms with van der Waals surface area (Å²) >= 11 is 8.68. The van der Waals surface area contributed by atoms with E-state index in [4.69, 9.17) is 21.7 Å². The summed E-state index contributed by atoms with van der Waals surface area (Å²) in [6.07, 6.45) is 5.56. The summed E-state index contributed by atoms with van der Waals surface area (Å²) in [4.78, 5) is 22.4. The highest BCUT2D eigenvalue weighted by molar-refractivity contribution is 9.10. The van der Waals surface area contributed by atoms with Crippen molar-refractivity contribution in [2.75, 3.05) is 0 Å². The van der Waals surface area contributed by atoms with E-state index in [1.165, 1.54) is 0 Å². The molecule has 8 heteroatoms. The van der Waals surface area contributed by atoms with Crippen molar-refractivity contribution in [3.63, 3.8) is 0 Å². The van der Waals surface area contributed by atoms with Gasteiger partial charge in [0.25, 0.3) is 10.7 Å². The highest BCUT2D eigenvalue weighted by Crippen LogP contribution is 2.53. The summed E-state index contributed by atoms with van der Waals surface area (Å²) in [7, 11) is 0. The van der Waals surface area contributed by atoms with E-state index in [1.807, 2.05) is 55.5 Å². The Balaban J connectivity index is 1.36. The molecule has 3 aliphatic rings. The molecule has 2 N–H and O–H groups in total. The summed E-state index contributed by atoms with van der Waals surface area (Å²) in [5.74, 6) is 0.830. The van der Waals surface area contributed by atoms with Crippen LogP contribution < -0.4 is 5.32 Å². The van der Waals surface area contributed by atoms with Crippen molar-refractivity contribution < 1.29 is 9.32 Å². The molecule has 6 nitrogen and oxygen atoms in total. The maximum atomic E-state index is 14.0. The summed E-state index contributed by atoms with van der Waals surface area (Å²) in [6, 6.07) is 16.0. The molecule has 0 aliphatic heterocycles. The number of fused-ring (bicyclic) bond motifs is 4. The molecule has 0 radical (unpaired) electrons. The molecule has 2 bridgehead atoms. The predicted octanol–water partition coefficient (Wildman–Crippen LogP) is 6.79. The number of carbonyl (C=O) groups excluding carboxylic acids is 1. The number of carbonyl (C=O) groups is 1. The number of H-pyrrole nitrogens is 1. The normalized spacial score (nSPS) is 23.5. The number of nitrogens with one attached hydrogen (secondary N) is 2. The molecule has 178 valence electrons. The van der Waals surface area contributed by atoms with Gasteiger partial charge in [-0.05, 0) is 81.4 Å². The molecule has 7 rings (SSSR count). The van der Waals surface area contributed by atoms with Gasteiger partial charge in [0.2, 0.25) is 0 Å². The van der Waals surface area contributed by atoms with E-state index in [0.29, 0.717) is 10.4 Å². The van der Waals surface area contributed by atoms with Gasteiger partial charge in [0.15, 0.2) is 5.82 Å². The Morgan fingerprint density at radius 1 is 1.09 bits per heavy atom. The Kier molecular flexibility index (Phi) is 5.41. The van der Waals surface area contributed by atoms with Crippen molar-refractivity contribution in [1.82, 2.24) is 20.4 Å². The fraction of sp³-hybridized carbons (Fsp3) is 0.333. The molecule has 3 saturated carbocycles. The fourth-order valence-electron chi connectivity index (χ4n) is 5.99. The lowest BCUT2D eigenvalue weighted by Crippen LogP contribution is -2.58. The molecule has 3 aliphatic carbocycles. The maximum absolute atomic E-state index is 14.0. The summed E-state index contributed by atoms with van der Waals surface area (Å²) < 4.78 is 6.08. The number of hydrogen-bond acceptors (Lipinski definition) is 5. The number of benzene rings is 2. The molecule has 0 unspecified atom stereocenters. The lowest BCUT2D eigenvalue weighted by molar-refractivity contribution is 0.0570. The molecule has 35 heavy (non-hydrogen) atoms. The van der Waals surface area contributed by atoms with E-state index in [1.54, 1.807) is 0 Å². The third-order valence-corrected chi connectivity index (χ3v) is 8.70. The highest BCUT2D eigenvalue weighted by atomic mass is 79.9. The molecule has 4 aromatic rings. The third kappa shape index (κ3) is 3.83. The van der Waals surface area contributed by atoms with E-state index in [9.17, 15) is 4.79 Å². The van der Waals surface area contributed by atoms with E-state index < -0.39 is 0 Å². The Hall–Kier alpha value is -2.84. The van der Waals surface area contributed by atoms with Crippen LogP contribution in [0.3, 0.4) is 0 Å². The van der Waals surface area contributed by atoms with Crippen molar-refractivity contribution >= 4 is 45.0 Å². The Bertz CT molecular complexity index is 1490. The lowest BCUT2D eigenvalue weighted by atomic mass is 9.57. The smallest absolute Gasteiger partial charge is 0.294 e. The fourth-order valence-corrected chi connectivity index (χ4v) is 6.49. The van der Waals surface area contributed by atoms with Crippen LogP contribution in [0.15, 0.2) is 57.5 Å². The van der Waals surface area contributed by atoms with Crippen LogP contribution in [0.5, 0.6) is 0 Å². The molecular weight excluding hydrogens is 524 g/mol. The van der Waals surface area contributed by atoms with Gasteiger partial charge in [0, 0.05) is 26.4 Å². The van der Waals surface area contributed by atoms with Crippen LogP contribution >= 0.6 is 28.1 Å². The largest absolute Gasteiger partial charge is 0.347 e. The van der Waals surface area contributed by atoms with Crippen LogP contribution in [0.4, 0.5) is 0 Å². The second-order valence-corrected chi connectivity index (χ2v) is 11.2. The SMILES string of the molecule is Cc1c(-c2ccccc2)nc2ccc(Br)cc2c1C(=O)NC12CCC(c3noc(=S)[nH]3)(CC1)CC2. The average Bonchev–Trinajstić information content (AvgIpc) is 3.32. The number of hydrogen-bond donors (Lipinski definition) is 2. The van der Waals surface area contributed by atoms with Crippen LogP contribution in [0, 0.1) is 11.8 Å². The minimum Gasteiger partial charge on any atom is -0.347 e. The lowest BCUT2D eigenvalue weighted by Gasteiger charge is -2.52. The summed E-state index contributed by atoms with van der Waals surface area (Å²) in [5, 5.41) is 8.54. The molecule has 0 saturated heterocycles. The Morgan fingerprint density at radius 2 is 1.80 bits per heavy atom. The Labute approximate surface area is 216 Å². The molecule has 2 aromatic carbocycles. The molecule has 0 spiro atoms. The van der Waals surface area contributed by atoms with Crippen LogP contribution in [0.1, 0.15) is 60.3 Å². The van der Waals surface area contributed by atoms with Crippen molar-refractivity contribution in [1.29, 1.82) is 0 Å². The first kappa shape index (κ1) is 22.6. The van der Waals surface area contributed by atoms with Crippen molar-refractivity contribution in [2.24, 2.45) is 0 Å². The monoisotopic (exact) mass is 548 g/mol. The van der Waals surface area contributed by atoms with E-state index in [0.717, 1.165) is 76.5 Å². The van der Waals surface area contributed by atoms with Gasteiger partial charge in [0.1, 0.15) is 0 Å². The Morgan fingerprint density at radius 3 is 2.46 bits per heavy atom. The number of halogens is 1. The quantitative estimate of drug-likeness (QED) is 0.274. The van der Waals surface area contributed by atoms with Gasteiger partial charge >= 0.3 is 0 Å². The first-order chi connectivity index (χ1) is 16.9. The number of aromatic amines is 1. The zero-order valence-corrected chi connectivity index (χ0v) is 21.8. The minimum atomic E-state index is -0.208. The second-order valence-electron chi connectivity index (χ2n) is 9.95. The van der Waals surface area contributed by atoms with Crippen LogP contribution in [0.25, 0.3) is 22.2 Å². The van der Waals surface area contributed by atoms with Gasteiger partial charge in [-0.15, -0.1) is 0 Å². The van der Waals surface area contributed by atoms with Crippen LogP contribution in [0.2, 0.25) is 0 Å². The van der Waals surface area contributed by atoms with E-state index in [2.05, 4.69) is 31.4 Å². The van der Waals surface area contributed by atoms with Gasteiger partial charge in [-0.25, -0.2) is 4.98 Å². The topological polar surface area (TPSA) is 83.8 Å². The zero-order valence-electron chi connectivity index (χ0n) is 19.4. The van der Waals surface area contributed by atoms with Gasteiger partial charge in [-0.1, -0.05) is 51.4 Å². The number of rotatable bonds is 4. The van der Waals surface area contributed by atoms with Crippen LogP contribution in [-0.2, 0) is 5.41 Å². The van der Waals surface area contributed by atoms with Crippen molar-refractivity contribution in [3.05, 3.63) is 74.8 Å². The average molecular weight is 549 g/mol. The van der Waals surface area contributed by atoms with Crippen LogP contribution in [-0.4, -0.2) is 26.6 Å². The number of pyridine rings is 1. The molecular formula is C27H25BrN4O2S. The van der Waals surface area contributed by atoms with Gasteiger partial charge in [-0.2, -0.15) is 0 Å². The second kappa shape index (κ2) is 8.38. The predicted molar refractivity (Wildman–Crippen MR) is 141 cm³/mol. The molecule has 3 fully saturated rings. The van der Waals surface area contributed by atoms with Gasteiger partial charge in [-0.3, -0.25) is 9.78 Å². The van der Waals surface area contributed by atoms with Crippen molar-refractivity contribution in [2.45, 2.75) is 56.4 Å². The third-order valence-electron chi connectivity index (χ3n) is 8.03. The summed E-state index contributed by atoms with van der Waals surface area (Å²) in [5.41, 5.74) is 4.02. The molecule has 0 atom stereocenters. The first-order valence-electron chi connectivity index (χ1n) is 11.9. The van der Waals surface area contributed by atoms with Gasteiger partial charge < -0.3 is 9.84 Å². The number of aromatic nitrogens is 3. The van der Waals surface area contributed by atoms with Gasteiger partial charge in [0.05, 0.1) is 16.8 Å². The highest BCUT2D eigenvalue weighted by Gasteiger charge is 2.52. The number of nitrogens with zero attached hydrogens (tertiary/aromatic N) is 2. The molecule has 2 heterocycles. The first-order valence-corrected chi connectivity index (χ1v) is 13.1. The zero-order chi connectivity index (χ0) is 24.2. The molecule has 2 aromatic heterocycles. The number of amides is 1. The minimum absolute atomic E-state index is 0.0274. The maximum Gasteiger partial charge on any atom is 0.294 e. The summed E-state index contributed by atoms with van der Waals surface area (Å²) in [6.45, 7) is 2.00. The van der Waals surface area contributed by atoms with Crippen molar-refractivity contribution in [3.8, 4) is 11.3 Å².